The molecule has 0 amide bonds. The van der Waals surface area contributed by atoms with Crippen molar-refractivity contribution in [3.8, 4) is 0 Å². The van der Waals surface area contributed by atoms with Gasteiger partial charge in [0.25, 0.3) is 0 Å². The van der Waals surface area contributed by atoms with Gasteiger partial charge in [0.1, 0.15) is 0 Å². The van der Waals surface area contributed by atoms with Gasteiger partial charge in [-0.05, 0) is 27.2 Å². The van der Waals surface area contributed by atoms with Crippen molar-refractivity contribution < 1.29 is 0 Å². The van der Waals surface area contributed by atoms with Gasteiger partial charge in [-0.2, -0.15) is 0 Å². The first-order valence-corrected chi connectivity index (χ1v) is 8.34. The van der Waals surface area contributed by atoms with Gasteiger partial charge in [0.15, 0.2) is 0 Å². The maximum absolute atomic E-state index is 2.53. The molecule has 0 fully saturated rings. The number of hydrogen-bond acceptors (Lipinski definition) is 2. The Bertz CT molecular complexity index is 89.1. The van der Waals surface area contributed by atoms with E-state index >= 15 is 0 Å². The zero-order chi connectivity index (χ0) is 9.40. The molecule has 0 spiro atoms. The van der Waals surface area contributed by atoms with E-state index in [4.69, 9.17) is 0 Å². The normalized spacial score (nSPS) is 13.5. The van der Waals surface area contributed by atoms with Crippen molar-refractivity contribution in [2.75, 3.05) is 27.2 Å². The monoisotopic (exact) mass is 204 g/mol. The van der Waals surface area contributed by atoms with Gasteiger partial charge in [0, 0.05) is 0 Å². The zero-order valence-electron chi connectivity index (χ0n) is 9.14. The average molecular weight is 204 g/mol. The van der Waals surface area contributed by atoms with Crippen molar-refractivity contribution in [2.24, 2.45) is 0 Å². The van der Waals surface area contributed by atoms with Gasteiger partial charge in [-0.15, -0.1) is 0 Å². The Morgan fingerprint density at radius 1 is 0.833 bits per heavy atom. The highest BCUT2D eigenvalue weighted by molar-refractivity contribution is 6.38. The van der Waals surface area contributed by atoms with E-state index in [-0.39, 0.29) is 19.4 Å². The van der Waals surface area contributed by atoms with Crippen molar-refractivity contribution in [1.82, 2.24) is 9.13 Å². The molecule has 0 aromatic heterocycles. The minimum atomic E-state index is 0.126. The van der Waals surface area contributed by atoms with Crippen LogP contribution < -0.4 is 0 Å². The van der Waals surface area contributed by atoms with E-state index in [2.05, 4.69) is 37.1 Å². The lowest BCUT2D eigenvalue weighted by molar-refractivity contribution is 0.558. The van der Waals surface area contributed by atoms with Crippen LogP contribution in [0.5, 0.6) is 0 Å². The minimum Gasteiger partial charge on any atom is -0.332 e. The first-order valence-electron chi connectivity index (χ1n) is 5.07. The van der Waals surface area contributed by atoms with Gasteiger partial charge in [0.05, 0.1) is 19.4 Å². The molecule has 0 aromatic carbocycles. The molecule has 12 heavy (non-hydrogen) atoms. The summed E-state index contributed by atoms with van der Waals surface area (Å²) in [5.74, 6) is 0. The number of rotatable bonds is 7. The van der Waals surface area contributed by atoms with Crippen LogP contribution in [0.15, 0.2) is 0 Å². The van der Waals surface area contributed by atoms with E-state index in [9.17, 15) is 0 Å². The molecule has 0 saturated carbocycles. The molecule has 0 aliphatic carbocycles. The van der Waals surface area contributed by atoms with Gasteiger partial charge in [-0.1, -0.05) is 25.9 Å². The summed E-state index contributed by atoms with van der Waals surface area (Å²) in [6, 6.07) is 3.06. The first kappa shape index (κ1) is 12.4. The molecular weight excluding hydrogens is 180 g/mol. The fourth-order valence-corrected chi connectivity index (χ4v) is 4.58. The molecule has 2 nitrogen and oxygen atoms in total. The van der Waals surface area contributed by atoms with Crippen LogP contribution in [0, 0.1) is 0 Å². The van der Waals surface area contributed by atoms with Crippen molar-refractivity contribution >= 4 is 19.4 Å². The quantitative estimate of drug-likeness (QED) is 0.422. The molecular formula is C8H24N2Si2. The lowest BCUT2D eigenvalue weighted by atomic mass is 10.8. The fourth-order valence-electron chi connectivity index (χ4n) is 1.08. The van der Waals surface area contributed by atoms with Crippen LogP contribution >= 0.6 is 0 Å². The topological polar surface area (TPSA) is 6.48 Å². The molecule has 0 N–H and O–H groups in total. The Morgan fingerprint density at radius 3 is 1.42 bits per heavy atom. The van der Waals surface area contributed by atoms with Crippen molar-refractivity contribution in [3.05, 3.63) is 0 Å². The fraction of sp³-hybridized carbons (Fsp3) is 1.00. The summed E-state index contributed by atoms with van der Waals surface area (Å²) in [7, 11) is 4.78. The van der Waals surface area contributed by atoms with Crippen LogP contribution in [0.1, 0.15) is 13.8 Å². The van der Waals surface area contributed by atoms with E-state index in [1.807, 2.05) is 0 Å². The van der Waals surface area contributed by atoms with Crippen molar-refractivity contribution in [1.29, 1.82) is 0 Å². The Balaban J connectivity index is 3.10. The van der Waals surface area contributed by atoms with Crippen LogP contribution in [0.2, 0.25) is 12.1 Å². The Labute approximate surface area is 82.1 Å². The summed E-state index contributed by atoms with van der Waals surface area (Å²) in [5, 5.41) is 0. The lowest BCUT2D eigenvalue weighted by Gasteiger charge is -2.15. The number of nitrogens with zero attached hydrogens (tertiary/aromatic N) is 2. The molecule has 0 aliphatic rings. The number of hydrogen-bond donors (Lipinski definition) is 0. The molecule has 0 saturated heterocycles. The second-order valence-electron chi connectivity index (χ2n) is 3.50. The Kier molecular flexibility index (Phi) is 8.21. The summed E-state index contributed by atoms with van der Waals surface area (Å²) in [5.41, 5.74) is 0. The van der Waals surface area contributed by atoms with Gasteiger partial charge in [-0.3, -0.25) is 0 Å². The zero-order valence-corrected chi connectivity index (χ0v) is 12.0. The molecule has 0 aromatic rings. The average Bonchev–Trinajstić information content (AvgIpc) is 2.11. The predicted octanol–water partition coefficient (Wildman–Crippen LogP) is -0.106. The second-order valence-corrected chi connectivity index (χ2v) is 7.97. The molecule has 0 unspecified atom stereocenters. The summed E-state index contributed by atoms with van der Waals surface area (Å²) in [4.78, 5) is 0. The predicted molar refractivity (Wildman–Crippen MR) is 63.3 cm³/mol. The molecule has 0 aliphatic heterocycles. The Hall–Kier alpha value is 0.354. The highest BCUT2D eigenvalue weighted by atomic mass is 28.2. The molecule has 0 heterocycles. The minimum absolute atomic E-state index is 0.126. The summed E-state index contributed by atoms with van der Waals surface area (Å²) in [6.07, 6.45) is 0. The lowest BCUT2D eigenvalue weighted by Crippen LogP contribution is -2.25. The van der Waals surface area contributed by atoms with Gasteiger partial charge >= 0.3 is 0 Å². The van der Waals surface area contributed by atoms with Gasteiger partial charge < -0.3 is 9.13 Å². The molecule has 0 radical (unpaired) electrons. The van der Waals surface area contributed by atoms with E-state index in [1.165, 1.54) is 25.2 Å². The molecule has 0 rings (SSSR count). The van der Waals surface area contributed by atoms with E-state index in [0.29, 0.717) is 0 Å². The van der Waals surface area contributed by atoms with Gasteiger partial charge in [-0.25, -0.2) is 0 Å². The molecule has 0 bridgehead atoms. The van der Waals surface area contributed by atoms with Crippen LogP contribution in [0.4, 0.5) is 0 Å². The maximum atomic E-state index is 2.53. The smallest absolute Gasteiger partial charge is 0.0944 e. The summed E-state index contributed by atoms with van der Waals surface area (Å²) >= 11 is 0. The van der Waals surface area contributed by atoms with E-state index < -0.39 is 0 Å². The SMILES string of the molecule is CCN(C)[SiH2]CC[SiH2]N(C)CC. The molecule has 0 atom stereocenters. The van der Waals surface area contributed by atoms with E-state index in [0.717, 1.165) is 0 Å². The van der Waals surface area contributed by atoms with Crippen molar-refractivity contribution in [2.45, 2.75) is 25.9 Å². The standard InChI is InChI=1S/C8H24N2Si2/c1-5-9(3)11-7-8-12-10(4)6-2/h5-8,11-12H2,1-4H3. The highest BCUT2D eigenvalue weighted by Gasteiger charge is 1.97. The Morgan fingerprint density at radius 2 is 1.17 bits per heavy atom. The van der Waals surface area contributed by atoms with Crippen LogP contribution in [0.3, 0.4) is 0 Å². The summed E-state index contributed by atoms with van der Waals surface area (Å²) in [6.45, 7) is 7.00. The highest BCUT2D eigenvalue weighted by Crippen LogP contribution is 1.93. The van der Waals surface area contributed by atoms with Crippen LogP contribution in [0.25, 0.3) is 0 Å². The molecule has 74 valence electrons. The first-order chi connectivity index (χ1) is 5.70. The van der Waals surface area contributed by atoms with Crippen LogP contribution in [-0.4, -0.2) is 55.7 Å². The van der Waals surface area contributed by atoms with Crippen molar-refractivity contribution in [3.63, 3.8) is 0 Å². The maximum Gasteiger partial charge on any atom is 0.0944 e. The van der Waals surface area contributed by atoms with Gasteiger partial charge in [0.2, 0.25) is 0 Å². The third-order valence-corrected chi connectivity index (χ3v) is 7.46. The third kappa shape index (κ3) is 7.03. The largest absolute Gasteiger partial charge is 0.332 e. The molecule has 4 heteroatoms. The summed E-state index contributed by atoms with van der Waals surface area (Å²) < 4.78 is 5.06. The van der Waals surface area contributed by atoms with Crippen LogP contribution in [-0.2, 0) is 0 Å². The van der Waals surface area contributed by atoms with E-state index in [1.54, 1.807) is 0 Å². The third-order valence-electron chi connectivity index (χ3n) is 2.41. The second kappa shape index (κ2) is 7.98.